The van der Waals surface area contributed by atoms with Crippen molar-refractivity contribution in [1.82, 2.24) is 5.32 Å². The quantitative estimate of drug-likeness (QED) is 0.703. The highest BCUT2D eigenvalue weighted by Crippen LogP contribution is 2.32. The summed E-state index contributed by atoms with van der Waals surface area (Å²) in [6.07, 6.45) is 3.93. The molecule has 3 nitrogen and oxygen atoms in total. The first kappa shape index (κ1) is 15.0. The third-order valence-corrected chi connectivity index (χ3v) is 3.28. The minimum Gasteiger partial charge on any atom is -0.490 e. The van der Waals surface area contributed by atoms with Gasteiger partial charge in [-0.05, 0) is 43.5 Å². The second-order valence-electron chi connectivity index (χ2n) is 5.00. The Morgan fingerprint density at radius 1 is 1.30 bits per heavy atom. The number of ether oxygens (including phenoxy) is 2. The van der Waals surface area contributed by atoms with Crippen molar-refractivity contribution in [3.8, 4) is 11.5 Å². The summed E-state index contributed by atoms with van der Waals surface area (Å²) in [6.45, 7) is 1.09. The van der Waals surface area contributed by atoms with E-state index in [-0.39, 0.29) is 5.75 Å². The van der Waals surface area contributed by atoms with Crippen molar-refractivity contribution in [3.63, 3.8) is 0 Å². The molecule has 1 aliphatic rings. The summed E-state index contributed by atoms with van der Waals surface area (Å²) in [5.74, 6) is 1.36. The third-order valence-electron chi connectivity index (χ3n) is 3.28. The summed E-state index contributed by atoms with van der Waals surface area (Å²) in [5, 5.41) is 3.36. The molecule has 1 aliphatic carbocycles. The molecular formula is C15H21F2NO2. The molecule has 0 radical (unpaired) electrons. The molecule has 112 valence electrons. The van der Waals surface area contributed by atoms with Crippen molar-refractivity contribution in [2.45, 2.75) is 39.3 Å². The van der Waals surface area contributed by atoms with Gasteiger partial charge in [-0.3, -0.25) is 0 Å². The maximum Gasteiger partial charge on any atom is 0.387 e. The van der Waals surface area contributed by atoms with E-state index in [0.717, 1.165) is 18.0 Å². The number of alkyl halides is 2. The van der Waals surface area contributed by atoms with Crippen molar-refractivity contribution in [3.05, 3.63) is 23.8 Å². The van der Waals surface area contributed by atoms with Crippen LogP contribution in [-0.4, -0.2) is 19.8 Å². The zero-order valence-electron chi connectivity index (χ0n) is 11.7. The number of hydrogen-bond donors (Lipinski definition) is 1. The monoisotopic (exact) mass is 285 g/mol. The van der Waals surface area contributed by atoms with Gasteiger partial charge in [0.25, 0.3) is 0 Å². The van der Waals surface area contributed by atoms with E-state index in [1.54, 1.807) is 12.1 Å². The molecule has 20 heavy (non-hydrogen) atoms. The number of rotatable bonds is 9. The van der Waals surface area contributed by atoms with E-state index >= 15 is 0 Å². The lowest BCUT2D eigenvalue weighted by Gasteiger charge is -2.13. The van der Waals surface area contributed by atoms with Crippen LogP contribution in [0.3, 0.4) is 0 Å². The molecule has 0 aromatic heterocycles. The summed E-state index contributed by atoms with van der Waals surface area (Å²) >= 11 is 0. The Balaban J connectivity index is 1.89. The van der Waals surface area contributed by atoms with Crippen LogP contribution < -0.4 is 14.8 Å². The van der Waals surface area contributed by atoms with Crippen LogP contribution in [-0.2, 0) is 6.54 Å². The zero-order chi connectivity index (χ0) is 14.4. The number of halogens is 2. The molecule has 0 saturated heterocycles. The van der Waals surface area contributed by atoms with E-state index in [1.165, 1.54) is 25.3 Å². The van der Waals surface area contributed by atoms with Crippen molar-refractivity contribution in [2.24, 2.45) is 5.92 Å². The molecule has 2 rings (SSSR count). The largest absolute Gasteiger partial charge is 0.490 e. The van der Waals surface area contributed by atoms with Gasteiger partial charge >= 0.3 is 6.61 Å². The summed E-state index contributed by atoms with van der Waals surface area (Å²) in [4.78, 5) is 0. The Morgan fingerprint density at radius 2 is 2.10 bits per heavy atom. The first-order valence-electron chi connectivity index (χ1n) is 7.10. The van der Waals surface area contributed by atoms with Gasteiger partial charge in [0.15, 0.2) is 11.5 Å². The van der Waals surface area contributed by atoms with Crippen molar-refractivity contribution < 1.29 is 18.3 Å². The number of nitrogens with one attached hydrogen (secondary N) is 1. The average Bonchev–Trinajstić information content (AvgIpc) is 3.21. The van der Waals surface area contributed by atoms with E-state index < -0.39 is 6.61 Å². The Morgan fingerprint density at radius 3 is 2.75 bits per heavy atom. The van der Waals surface area contributed by atoms with Crippen LogP contribution in [0.5, 0.6) is 11.5 Å². The first-order chi connectivity index (χ1) is 9.69. The molecule has 0 bridgehead atoms. The van der Waals surface area contributed by atoms with Crippen LogP contribution in [0.2, 0.25) is 0 Å². The van der Waals surface area contributed by atoms with Crippen LogP contribution >= 0.6 is 0 Å². The lowest BCUT2D eigenvalue weighted by molar-refractivity contribution is -0.0514. The predicted molar refractivity (Wildman–Crippen MR) is 73.3 cm³/mol. The lowest BCUT2D eigenvalue weighted by Crippen LogP contribution is -2.15. The van der Waals surface area contributed by atoms with Crippen molar-refractivity contribution in [1.29, 1.82) is 0 Å². The second kappa shape index (κ2) is 7.43. The van der Waals surface area contributed by atoms with E-state index in [9.17, 15) is 8.78 Å². The fraction of sp³-hybridized carbons (Fsp3) is 0.600. The van der Waals surface area contributed by atoms with E-state index in [4.69, 9.17) is 4.74 Å². The molecule has 0 spiro atoms. The third kappa shape index (κ3) is 4.96. The standard InChI is InChI=1S/C15H21F2NO2/c1-2-19-14-9-12(5-6-13(14)20-15(16)17)10-18-8-7-11-3-4-11/h5-6,9,11,15,18H,2-4,7-8,10H2,1H3. The Bertz CT molecular complexity index is 422. The molecule has 1 aromatic rings. The van der Waals surface area contributed by atoms with Crippen molar-refractivity contribution >= 4 is 0 Å². The van der Waals surface area contributed by atoms with Gasteiger partial charge in [-0.25, -0.2) is 0 Å². The minimum atomic E-state index is -2.84. The minimum absolute atomic E-state index is 0.0866. The number of benzene rings is 1. The van der Waals surface area contributed by atoms with Crippen LogP contribution in [0.4, 0.5) is 8.78 Å². The van der Waals surface area contributed by atoms with Gasteiger partial charge in [-0.2, -0.15) is 8.78 Å². The zero-order valence-corrected chi connectivity index (χ0v) is 11.7. The Hall–Kier alpha value is -1.36. The van der Waals surface area contributed by atoms with Gasteiger partial charge in [0.1, 0.15) is 0 Å². The fourth-order valence-corrected chi connectivity index (χ4v) is 2.07. The highest BCUT2D eigenvalue weighted by Gasteiger charge is 2.20. The average molecular weight is 285 g/mol. The van der Waals surface area contributed by atoms with Gasteiger partial charge in [0.2, 0.25) is 0 Å². The summed E-state index contributed by atoms with van der Waals surface area (Å²) in [5.41, 5.74) is 1.01. The predicted octanol–water partition coefficient (Wildman–Crippen LogP) is 3.58. The van der Waals surface area contributed by atoms with Gasteiger partial charge in [0.05, 0.1) is 6.61 Å². The SMILES string of the molecule is CCOc1cc(CNCCC2CC2)ccc1OC(F)F. The number of hydrogen-bond acceptors (Lipinski definition) is 3. The van der Waals surface area contributed by atoms with Gasteiger partial charge in [-0.1, -0.05) is 18.9 Å². The molecule has 1 fully saturated rings. The van der Waals surface area contributed by atoms with Gasteiger partial charge < -0.3 is 14.8 Å². The highest BCUT2D eigenvalue weighted by atomic mass is 19.3. The molecular weight excluding hydrogens is 264 g/mol. The van der Waals surface area contributed by atoms with Crippen LogP contribution in [0.1, 0.15) is 31.7 Å². The molecule has 1 N–H and O–H groups in total. The molecule has 0 heterocycles. The van der Waals surface area contributed by atoms with E-state index in [1.807, 2.05) is 6.92 Å². The van der Waals surface area contributed by atoms with E-state index in [2.05, 4.69) is 10.1 Å². The normalized spacial score (nSPS) is 14.6. The molecule has 0 unspecified atom stereocenters. The first-order valence-corrected chi connectivity index (χ1v) is 7.10. The smallest absolute Gasteiger partial charge is 0.387 e. The van der Waals surface area contributed by atoms with Crippen LogP contribution in [0.15, 0.2) is 18.2 Å². The van der Waals surface area contributed by atoms with Crippen LogP contribution in [0, 0.1) is 5.92 Å². The molecule has 0 atom stereocenters. The second-order valence-corrected chi connectivity index (χ2v) is 5.00. The Labute approximate surface area is 118 Å². The molecule has 0 amide bonds. The summed E-state index contributed by atoms with van der Waals surface area (Å²) in [6, 6.07) is 5.07. The van der Waals surface area contributed by atoms with E-state index in [0.29, 0.717) is 18.9 Å². The topological polar surface area (TPSA) is 30.5 Å². The molecule has 5 heteroatoms. The molecule has 1 aromatic carbocycles. The molecule has 1 saturated carbocycles. The highest BCUT2D eigenvalue weighted by molar-refractivity contribution is 5.43. The lowest BCUT2D eigenvalue weighted by atomic mass is 10.2. The maximum atomic E-state index is 12.3. The van der Waals surface area contributed by atoms with Gasteiger partial charge in [0, 0.05) is 6.54 Å². The fourth-order valence-electron chi connectivity index (χ4n) is 2.07. The summed E-state index contributed by atoms with van der Waals surface area (Å²) in [7, 11) is 0. The van der Waals surface area contributed by atoms with Crippen LogP contribution in [0.25, 0.3) is 0 Å². The maximum absolute atomic E-state index is 12.3. The Kier molecular flexibility index (Phi) is 5.59. The summed E-state index contributed by atoms with van der Waals surface area (Å²) < 4.78 is 34.3. The van der Waals surface area contributed by atoms with Crippen molar-refractivity contribution in [2.75, 3.05) is 13.2 Å². The molecule has 0 aliphatic heterocycles. The van der Waals surface area contributed by atoms with Gasteiger partial charge in [-0.15, -0.1) is 0 Å².